The summed E-state index contributed by atoms with van der Waals surface area (Å²) in [6.45, 7) is 7.64. The van der Waals surface area contributed by atoms with Gasteiger partial charge in [0, 0.05) is 30.7 Å². The molecule has 4 nitrogen and oxygen atoms in total. The number of rotatable bonds is 4. The van der Waals surface area contributed by atoms with Gasteiger partial charge in [-0.2, -0.15) is 0 Å². The summed E-state index contributed by atoms with van der Waals surface area (Å²) in [5.41, 5.74) is 1.43. The van der Waals surface area contributed by atoms with E-state index in [1.165, 1.54) is 0 Å². The average Bonchev–Trinajstić information content (AvgIpc) is 2.47. The smallest absolute Gasteiger partial charge is 0.339 e. The van der Waals surface area contributed by atoms with Crippen LogP contribution in [-0.4, -0.2) is 32.0 Å². The lowest BCUT2D eigenvalue weighted by Crippen LogP contribution is -2.14. The molecular formula is C15H21O4P. The van der Waals surface area contributed by atoms with E-state index in [2.05, 4.69) is 19.9 Å². The second-order valence-electron chi connectivity index (χ2n) is 6.12. The first-order valence-corrected chi connectivity index (χ1v) is 9.23. The Hall–Kier alpha value is -1.12. The molecule has 1 aliphatic carbocycles. The van der Waals surface area contributed by atoms with Crippen molar-refractivity contribution in [1.29, 1.82) is 0 Å². The van der Waals surface area contributed by atoms with E-state index < -0.39 is 7.37 Å². The maximum atomic E-state index is 11.9. The molecule has 1 aliphatic heterocycles. The molecule has 0 aromatic carbocycles. The average molecular weight is 296 g/mol. The number of allylic oxidation sites excluding steroid dienone is 2. The number of carbonyl (C=O) groups is 1. The van der Waals surface area contributed by atoms with Crippen molar-refractivity contribution in [3.05, 3.63) is 35.5 Å². The predicted molar refractivity (Wildman–Crippen MR) is 79.0 cm³/mol. The van der Waals surface area contributed by atoms with Gasteiger partial charge in [0.05, 0.1) is 12.2 Å². The van der Waals surface area contributed by atoms with Crippen molar-refractivity contribution in [2.24, 2.45) is 5.41 Å². The molecule has 20 heavy (non-hydrogen) atoms. The molecule has 0 fully saturated rings. The second-order valence-corrected chi connectivity index (χ2v) is 8.89. The molecule has 2 aliphatic rings. The van der Waals surface area contributed by atoms with Crippen LogP contribution in [0.15, 0.2) is 35.5 Å². The molecule has 0 spiro atoms. The standard InChI is InChI=1S/C15H21O4P/c1-15(2)8-5-11-12(6-9-15)14(16)19-13(11)7-10-18-20(3,4)17/h5-6,8-9,13H,7,10H2,1-4H3. The van der Waals surface area contributed by atoms with Crippen molar-refractivity contribution in [3.63, 3.8) is 0 Å². The van der Waals surface area contributed by atoms with Crippen molar-refractivity contribution >= 4 is 13.3 Å². The molecule has 2 rings (SSSR count). The van der Waals surface area contributed by atoms with Crippen LogP contribution in [0.2, 0.25) is 0 Å². The molecule has 0 bridgehead atoms. The van der Waals surface area contributed by atoms with Crippen molar-refractivity contribution in [1.82, 2.24) is 0 Å². The van der Waals surface area contributed by atoms with Gasteiger partial charge in [-0.05, 0) is 0 Å². The fourth-order valence-corrected chi connectivity index (χ4v) is 2.71. The summed E-state index contributed by atoms with van der Waals surface area (Å²) in [7, 11) is -2.49. The minimum atomic E-state index is -2.49. The molecule has 0 radical (unpaired) electrons. The van der Waals surface area contributed by atoms with E-state index >= 15 is 0 Å². The Morgan fingerprint density at radius 3 is 2.60 bits per heavy atom. The van der Waals surface area contributed by atoms with Crippen molar-refractivity contribution in [2.45, 2.75) is 26.4 Å². The molecule has 1 unspecified atom stereocenters. The zero-order valence-corrected chi connectivity index (χ0v) is 13.3. The molecule has 0 aromatic heterocycles. The summed E-state index contributed by atoms with van der Waals surface area (Å²) in [6, 6.07) is 0. The van der Waals surface area contributed by atoms with Gasteiger partial charge < -0.3 is 9.26 Å². The Morgan fingerprint density at radius 1 is 1.30 bits per heavy atom. The molecule has 0 saturated carbocycles. The summed E-state index contributed by atoms with van der Waals surface area (Å²) in [5.74, 6) is -0.292. The Bertz CT molecular complexity index is 548. The normalized spacial score (nSPS) is 24.6. The number of hydrogen-bond donors (Lipinski definition) is 0. The van der Waals surface area contributed by atoms with Crippen LogP contribution in [0.4, 0.5) is 0 Å². The zero-order valence-electron chi connectivity index (χ0n) is 12.4. The lowest BCUT2D eigenvalue weighted by Gasteiger charge is -2.16. The molecule has 1 heterocycles. The van der Waals surface area contributed by atoms with Gasteiger partial charge in [-0.25, -0.2) is 4.79 Å². The molecule has 0 N–H and O–H groups in total. The van der Waals surface area contributed by atoms with E-state index in [0.29, 0.717) is 18.6 Å². The topological polar surface area (TPSA) is 52.6 Å². The van der Waals surface area contributed by atoms with Crippen LogP contribution >= 0.6 is 7.37 Å². The van der Waals surface area contributed by atoms with Gasteiger partial charge in [0.1, 0.15) is 6.10 Å². The van der Waals surface area contributed by atoms with E-state index in [-0.39, 0.29) is 17.5 Å². The van der Waals surface area contributed by atoms with E-state index in [1.807, 2.05) is 18.2 Å². The molecule has 0 saturated heterocycles. The van der Waals surface area contributed by atoms with Gasteiger partial charge in [-0.3, -0.25) is 4.57 Å². The molecule has 0 amide bonds. The van der Waals surface area contributed by atoms with Gasteiger partial charge in [0.15, 0.2) is 7.37 Å². The van der Waals surface area contributed by atoms with E-state index in [1.54, 1.807) is 13.3 Å². The van der Waals surface area contributed by atoms with Crippen LogP contribution in [0, 0.1) is 5.41 Å². The third-order valence-electron chi connectivity index (χ3n) is 3.28. The van der Waals surface area contributed by atoms with Crippen molar-refractivity contribution in [3.8, 4) is 0 Å². The first-order valence-electron chi connectivity index (χ1n) is 6.71. The van der Waals surface area contributed by atoms with Gasteiger partial charge in [-0.15, -0.1) is 0 Å². The minimum Gasteiger partial charge on any atom is -0.454 e. The van der Waals surface area contributed by atoms with Crippen molar-refractivity contribution in [2.75, 3.05) is 19.9 Å². The second kappa shape index (κ2) is 5.34. The number of cyclic esters (lactones) is 1. The van der Waals surface area contributed by atoms with E-state index in [4.69, 9.17) is 9.26 Å². The summed E-state index contributed by atoms with van der Waals surface area (Å²) in [4.78, 5) is 11.9. The molecule has 5 heteroatoms. The van der Waals surface area contributed by atoms with Crippen LogP contribution in [0.3, 0.4) is 0 Å². The largest absolute Gasteiger partial charge is 0.454 e. The minimum absolute atomic E-state index is 0.0752. The lowest BCUT2D eigenvalue weighted by atomic mass is 9.93. The molecule has 0 aromatic rings. The zero-order chi connectivity index (χ0) is 15.0. The van der Waals surface area contributed by atoms with E-state index in [0.717, 1.165) is 5.57 Å². The number of carbonyl (C=O) groups excluding carboxylic acids is 1. The maximum absolute atomic E-state index is 11.9. The molecule has 110 valence electrons. The van der Waals surface area contributed by atoms with Crippen LogP contribution < -0.4 is 0 Å². The Labute approximate surface area is 120 Å². The van der Waals surface area contributed by atoms with Gasteiger partial charge in [0.2, 0.25) is 0 Å². The van der Waals surface area contributed by atoms with Crippen molar-refractivity contribution < 1.29 is 18.6 Å². The van der Waals surface area contributed by atoms with E-state index in [9.17, 15) is 9.36 Å². The Balaban J connectivity index is 2.10. The van der Waals surface area contributed by atoms with Gasteiger partial charge in [0.25, 0.3) is 0 Å². The summed E-state index contributed by atoms with van der Waals surface area (Å²) in [5, 5.41) is 0. The monoisotopic (exact) mass is 296 g/mol. The summed E-state index contributed by atoms with van der Waals surface area (Å²) < 4.78 is 22.1. The highest BCUT2D eigenvalue weighted by molar-refractivity contribution is 7.57. The lowest BCUT2D eigenvalue weighted by molar-refractivity contribution is -0.139. The number of hydrogen-bond acceptors (Lipinski definition) is 4. The Morgan fingerprint density at radius 2 is 1.95 bits per heavy atom. The third kappa shape index (κ3) is 3.71. The highest BCUT2D eigenvalue weighted by atomic mass is 31.2. The SMILES string of the molecule is CC1(C)C=CC2=C(C=C1)C(CCOP(C)(C)=O)OC2=O. The van der Waals surface area contributed by atoms with Gasteiger partial charge >= 0.3 is 5.97 Å². The summed E-state index contributed by atoms with van der Waals surface area (Å²) in [6.07, 6.45) is 8.07. The van der Waals surface area contributed by atoms with Crippen LogP contribution in [0.25, 0.3) is 0 Å². The highest BCUT2D eigenvalue weighted by Crippen LogP contribution is 2.38. The summed E-state index contributed by atoms with van der Waals surface area (Å²) >= 11 is 0. The van der Waals surface area contributed by atoms with Crippen LogP contribution in [-0.2, 0) is 18.6 Å². The molecule has 1 atom stereocenters. The molecular weight excluding hydrogens is 275 g/mol. The van der Waals surface area contributed by atoms with Crippen LogP contribution in [0.5, 0.6) is 0 Å². The third-order valence-corrected chi connectivity index (χ3v) is 4.09. The first-order chi connectivity index (χ1) is 9.18. The first kappa shape index (κ1) is 15.3. The number of esters is 1. The number of ether oxygens (including phenoxy) is 1. The Kier molecular flexibility index (Phi) is 4.08. The van der Waals surface area contributed by atoms with Crippen LogP contribution in [0.1, 0.15) is 20.3 Å². The quantitative estimate of drug-likeness (QED) is 0.590. The fourth-order valence-electron chi connectivity index (χ4n) is 2.16. The fraction of sp³-hybridized carbons (Fsp3) is 0.533. The predicted octanol–water partition coefficient (Wildman–Crippen LogP) is 3.31. The highest BCUT2D eigenvalue weighted by Gasteiger charge is 2.33. The van der Waals surface area contributed by atoms with Gasteiger partial charge in [-0.1, -0.05) is 38.2 Å². The maximum Gasteiger partial charge on any atom is 0.339 e.